The van der Waals surface area contributed by atoms with E-state index in [9.17, 15) is 13.6 Å². The summed E-state index contributed by atoms with van der Waals surface area (Å²) in [4.78, 5) is 15.8. The molecule has 1 aromatic carbocycles. The summed E-state index contributed by atoms with van der Waals surface area (Å²) in [6.07, 6.45) is 2.98. The third-order valence-corrected chi connectivity index (χ3v) is 3.41. The molecule has 0 atom stereocenters. The lowest BCUT2D eigenvalue weighted by Gasteiger charge is -2.12. The Kier molecular flexibility index (Phi) is 3.25. The first-order valence-corrected chi connectivity index (χ1v) is 6.56. The summed E-state index contributed by atoms with van der Waals surface area (Å²) in [7, 11) is 0. The van der Waals surface area contributed by atoms with Crippen molar-refractivity contribution in [1.29, 1.82) is 0 Å². The molecular weight excluding hydrogens is 274 g/mol. The minimum atomic E-state index is -0.787. The van der Waals surface area contributed by atoms with Crippen LogP contribution in [-0.2, 0) is 6.54 Å². The molecule has 0 saturated carbocycles. The summed E-state index contributed by atoms with van der Waals surface area (Å²) in [6.45, 7) is 2.30. The molecular formula is C16H12F2N2O. The number of hydrogen-bond donors (Lipinski definition) is 0. The molecule has 21 heavy (non-hydrogen) atoms. The molecule has 0 aliphatic rings. The van der Waals surface area contributed by atoms with Crippen molar-refractivity contribution >= 4 is 10.9 Å². The highest BCUT2D eigenvalue weighted by Crippen LogP contribution is 2.29. The van der Waals surface area contributed by atoms with Gasteiger partial charge in [0, 0.05) is 25.0 Å². The molecule has 106 valence electrons. The minimum absolute atomic E-state index is 0.0361. The van der Waals surface area contributed by atoms with E-state index in [0.29, 0.717) is 6.54 Å². The van der Waals surface area contributed by atoms with Crippen molar-refractivity contribution < 1.29 is 8.78 Å². The summed E-state index contributed by atoms with van der Waals surface area (Å²) < 4.78 is 30.6. The number of pyridine rings is 2. The molecule has 0 bridgehead atoms. The van der Waals surface area contributed by atoms with Gasteiger partial charge in [-0.15, -0.1) is 0 Å². The van der Waals surface area contributed by atoms with Gasteiger partial charge in [-0.2, -0.15) is 0 Å². The first-order valence-electron chi connectivity index (χ1n) is 6.56. The van der Waals surface area contributed by atoms with E-state index >= 15 is 0 Å². The minimum Gasteiger partial charge on any atom is -0.345 e. The van der Waals surface area contributed by atoms with Gasteiger partial charge in [-0.1, -0.05) is 6.07 Å². The smallest absolute Gasteiger partial charge is 0.189 e. The lowest BCUT2D eigenvalue weighted by Crippen LogP contribution is -2.10. The molecule has 0 saturated heterocycles. The van der Waals surface area contributed by atoms with Crippen LogP contribution in [0.25, 0.3) is 22.2 Å². The number of halogens is 2. The predicted molar refractivity (Wildman–Crippen MR) is 77.0 cm³/mol. The Bertz CT molecular complexity index is 873. The van der Waals surface area contributed by atoms with Crippen LogP contribution in [0.3, 0.4) is 0 Å². The van der Waals surface area contributed by atoms with Crippen molar-refractivity contribution in [2.75, 3.05) is 0 Å². The van der Waals surface area contributed by atoms with Gasteiger partial charge >= 0.3 is 0 Å². The highest BCUT2D eigenvalue weighted by molar-refractivity contribution is 5.85. The lowest BCUT2D eigenvalue weighted by molar-refractivity contribution is 0.589. The van der Waals surface area contributed by atoms with Crippen LogP contribution >= 0.6 is 0 Å². The Hall–Kier alpha value is -2.56. The Balaban J connectivity index is 2.46. The zero-order valence-electron chi connectivity index (χ0n) is 11.3. The predicted octanol–water partition coefficient (Wildman–Crippen LogP) is 3.36. The van der Waals surface area contributed by atoms with Crippen LogP contribution in [-0.4, -0.2) is 9.55 Å². The van der Waals surface area contributed by atoms with E-state index in [4.69, 9.17) is 0 Å². The number of benzene rings is 1. The molecule has 3 nitrogen and oxygen atoms in total. The second-order valence-corrected chi connectivity index (χ2v) is 4.62. The Morgan fingerprint density at radius 3 is 2.71 bits per heavy atom. The maximum atomic E-state index is 14.8. The summed E-state index contributed by atoms with van der Waals surface area (Å²) >= 11 is 0. The van der Waals surface area contributed by atoms with Gasteiger partial charge in [0.2, 0.25) is 0 Å². The Morgan fingerprint density at radius 1 is 1.24 bits per heavy atom. The van der Waals surface area contributed by atoms with Gasteiger partial charge < -0.3 is 4.57 Å². The van der Waals surface area contributed by atoms with Gasteiger partial charge in [0.1, 0.15) is 5.82 Å². The molecule has 0 radical (unpaired) electrons. The second kappa shape index (κ2) is 5.09. The maximum Gasteiger partial charge on any atom is 0.189 e. The zero-order chi connectivity index (χ0) is 15.0. The average molecular weight is 286 g/mol. The van der Waals surface area contributed by atoms with Crippen LogP contribution in [0.1, 0.15) is 6.92 Å². The molecule has 3 rings (SSSR count). The topological polar surface area (TPSA) is 34.9 Å². The molecule has 0 spiro atoms. The summed E-state index contributed by atoms with van der Waals surface area (Å²) in [5, 5.41) is 0.0361. The van der Waals surface area contributed by atoms with Crippen molar-refractivity contribution in [2.45, 2.75) is 13.5 Å². The third-order valence-electron chi connectivity index (χ3n) is 3.41. The van der Waals surface area contributed by atoms with E-state index < -0.39 is 17.1 Å². The quantitative estimate of drug-likeness (QED) is 0.724. The zero-order valence-corrected chi connectivity index (χ0v) is 11.3. The molecule has 0 fully saturated rings. The third kappa shape index (κ3) is 2.11. The molecule has 0 aliphatic carbocycles. The van der Waals surface area contributed by atoms with Gasteiger partial charge in [-0.3, -0.25) is 9.78 Å². The number of fused-ring (bicyclic) bond motifs is 1. The second-order valence-electron chi connectivity index (χ2n) is 4.62. The monoisotopic (exact) mass is 286 g/mol. The number of nitrogens with zero attached hydrogens (tertiary/aromatic N) is 2. The van der Waals surface area contributed by atoms with E-state index in [1.807, 2.05) is 6.92 Å². The molecule has 0 N–H and O–H groups in total. The summed E-state index contributed by atoms with van der Waals surface area (Å²) in [5.74, 6) is -1.55. The maximum absolute atomic E-state index is 14.8. The normalized spacial score (nSPS) is 11.0. The average Bonchev–Trinajstić information content (AvgIpc) is 2.49. The Labute approximate surface area is 119 Å². The van der Waals surface area contributed by atoms with Crippen molar-refractivity contribution in [3.05, 3.63) is 64.6 Å². The van der Waals surface area contributed by atoms with Gasteiger partial charge in [-0.25, -0.2) is 8.78 Å². The molecule has 0 aliphatic heterocycles. The molecule has 0 unspecified atom stereocenters. The Morgan fingerprint density at radius 2 is 2.05 bits per heavy atom. The van der Waals surface area contributed by atoms with Gasteiger partial charge in [-0.05, 0) is 25.1 Å². The number of aryl methyl sites for hydroxylation is 1. The summed E-state index contributed by atoms with van der Waals surface area (Å²) in [5.41, 5.74) is -0.309. The van der Waals surface area contributed by atoms with E-state index in [1.165, 1.54) is 24.5 Å². The molecule has 2 heterocycles. The molecule has 0 amide bonds. The molecule has 2 aromatic heterocycles. The fourth-order valence-corrected chi connectivity index (χ4v) is 2.41. The van der Waals surface area contributed by atoms with Crippen LogP contribution in [0.15, 0.2) is 47.5 Å². The number of hydrogen-bond acceptors (Lipinski definition) is 2. The van der Waals surface area contributed by atoms with Crippen LogP contribution < -0.4 is 5.43 Å². The largest absolute Gasteiger partial charge is 0.345 e. The van der Waals surface area contributed by atoms with E-state index in [0.717, 1.165) is 6.07 Å². The highest BCUT2D eigenvalue weighted by atomic mass is 19.1. The fraction of sp³-hybridized carbons (Fsp3) is 0.125. The van der Waals surface area contributed by atoms with Crippen molar-refractivity contribution in [2.24, 2.45) is 0 Å². The lowest BCUT2D eigenvalue weighted by atomic mass is 10.1. The standard InChI is InChI=1S/C16H12F2N2O/c1-2-20-8-6-13(21)10-9-11(17)14(15(18)16(10)20)12-5-3-4-7-19-12/h3-9H,2H2,1H3. The van der Waals surface area contributed by atoms with Crippen molar-refractivity contribution in [1.82, 2.24) is 9.55 Å². The first kappa shape index (κ1) is 13.4. The fourth-order valence-electron chi connectivity index (χ4n) is 2.41. The van der Waals surface area contributed by atoms with Crippen LogP contribution in [0.4, 0.5) is 8.78 Å². The van der Waals surface area contributed by atoms with E-state index in [2.05, 4.69) is 4.98 Å². The van der Waals surface area contributed by atoms with E-state index in [-0.39, 0.29) is 22.2 Å². The molecule has 3 aromatic rings. The highest BCUT2D eigenvalue weighted by Gasteiger charge is 2.19. The SMILES string of the molecule is CCn1ccc(=O)c2cc(F)c(-c3ccccn3)c(F)c21. The van der Waals surface area contributed by atoms with E-state index in [1.54, 1.807) is 16.7 Å². The number of rotatable bonds is 2. The van der Waals surface area contributed by atoms with Gasteiger partial charge in [0.15, 0.2) is 11.2 Å². The van der Waals surface area contributed by atoms with Crippen molar-refractivity contribution in [3.8, 4) is 11.3 Å². The van der Waals surface area contributed by atoms with Crippen LogP contribution in [0.5, 0.6) is 0 Å². The van der Waals surface area contributed by atoms with Gasteiger partial charge in [0.05, 0.1) is 22.2 Å². The molecule has 5 heteroatoms. The number of aromatic nitrogens is 2. The van der Waals surface area contributed by atoms with Gasteiger partial charge in [0.25, 0.3) is 0 Å². The van der Waals surface area contributed by atoms with Crippen LogP contribution in [0.2, 0.25) is 0 Å². The van der Waals surface area contributed by atoms with Crippen molar-refractivity contribution in [3.63, 3.8) is 0 Å². The first-order chi connectivity index (χ1) is 10.1. The summed E-state index contributed by atoms with van der Waals surface area (Å²) in [6, 6.07) is 7.25. The van der Waals surface area contributed by atoms with Crippen LogP contribution in [0, 0.1) is 11.6 Å².